The predicted octanol–water partition coefficient (Wildman–Crippen LogP) is 2.24. The standard InChI is InChI=1S/C11H13F2N/c12-9-3-1-7(6-10(9)13)5-8-2-4-11(8)14/h1,3,6,8,11H,2,4-5,14H2. The van der Waals surface area contributed by atoms with Gasteiger partial charge in [0.05, 0.1) is 0 Å². The van der Waals surface area contributed by atoms with Crippen LogP contribution in [0.4, 0.5) is 8.78 Å². The van der Waals surface area contributed by atoms with Crippen LogP contribution in [0.25, 0.3) is 0 Å². The molecule has 1 aromatic carbocycles. The van der Waals surface area contributed by atoms with Crippen LogP contribution < -0.4 is 5.73 Å². The Morgan fingerprint density at radius 1 is 1.21 bits per heavy atom. The smallest absolute Gasteiger partial charge is 0.159 e. The SMILES string of the molecule is NC1CCC1Cc1ccc(F)c(F)c1. The van der Waals surface area contributed by atoms with Gasteiger partial charge in [-0.05, 0) is 42.9 Å². The fourth-order valence-corrected chi connectivity index (χ4v) is 1.82. The van der Waals surface area contributed by atoms with Crippen molar-refractivity contribution in [2.24, 2.45) is 11.7 Å². The van der Waals surface area contributed by atoms with E-state index < -0.39 is 11.6 Å². The van der Waals surface area contributed by atoms with Crippen molar-refractivity contribution in [3.63, 3.8) is 0 Å². The van der Waals surface area contributed by atoms with E-state index in [4.69, 9.17) is 5.73 Å². The first-order valence-electron chi connectivity index (χ1n) is 4.86. The van der Waals surface area contributed by atoms with Gasteiger partial charge in [0, 0.05) is 6.04 Å². The molecule has 3 heteroatoms. The Labute approximate surface area is 81.9 Å². The third kappa shape index (κ3) is 1.77. The Hall–Kier alpha value is -0.960. The fourth-order valence-electron chi connectivity index (χ4n) is 1.82. The van der Waals surface area contributed by atoms with Crippen molar-refractivity contribution in [1.29, 1.82) is 0 Å². The van der Waals surface area contributed by atoms with Gasteiger partial charge in [-0.2, -0.15) is 0 Å². The van der Waals surface area contributed by atoms with Gasteiger partial charge in [-0.15, -0.1) is 0 Å². The van der Waals surface area contributed by atoms with Crippen molar-refractivity contribution in [3.05, 3.63) is 35.4 Å². The number of hydrogen-bond acceptors (Lipinski definition) is 1. The minimum Gasteiger partial charge on any atom is -0.327 e. The lowest BCUT2D eigenvalue weighted by molar-refractivity contribution is 0.255. The first kappa shape index (κ1) is 9.59. The maximum Gasteiger partial charge on any atom is 0.159 e. The molecule has 0 aliphatic heterocycles. The van der Waals surface area contributed by atoms with Crippen LogP contribution in [0.1, 0.15) is 18.4 Å². The molecule has 0 amide bonds. The lowest BCUT2D eigenvalue weighted by atomic mass is 9.76. The highest BCUT2D eigenvalue weighted by atomic mass is 19.2. The Morgan fingerprint density at radius 3 is 2.50 bits per heavy atom. The molecule has 0 heterocycles. The highest BCUT2D eigenvalue weighted by molar-refractivity contribution is 5.19. The normalized spacial score (nSPS) is 25.9. The minimum atomic E-state index is -0.786. The summed E-state index contributed by atoms with van der Waals surface area (Å²) in [5.41, 5.74) is 6.61. The summed E-state index contributed by atoms with van der Waals surface area (Å²) in [5.74, 6) is -1.11. The van der Waals surface area contributed by atoms with Crippen molar-refractivity contribution < 1.29 is 8.78 Å². The van der Waals surface area contributed by atoms with E-state index in [-0.39, 0.29) is 6.04 Å². The molecule has 0 spiro atoms. The summed E-state index contributed by atoms with van der Waals surface area (Å²) in [7, 11) is 0. The lowest BCUT2D eigenvalue weighted by Crippen LogP contribution is -2.40. The fraction of sp³-hybridized carbons (Fsp3) is 0.455. The molecule has 0 bridgehead atoms. The van der Waals surface area contributed by atoms with E-state index in [0.29, 0.717) is 5.92 Å². The summed E-state index contributed by atoms with van der Waals surface area (Å²) in [6, 6.07) is 4.31. The van der Waals surface area contributed by atoms with Crippen molar-refractivity contribution in [2.45, 2.75) is 25.3 Å². The predicted molar refractivity (Wildman–Crippen MR) is 50.8 cm³/mol. The van der Waals surface area contributed by atoms with Gasteiger partial charge in [0.25, 0.3) is 0 Å². The molecule has 0 radical (unpaired) electrons. The van der Waals surface area contributed by atoms with E-state index in [0.717, 1.165) is 24.8 Å². The van der Waals surface area contributed by atoms with Gasteiger partial charge in [-0.25, -0.2) is 8.78 Å². The molecule has 14 heavy (non-hydrogen) atoms. The van der Waals surface area contributed by atoms with Crippen molar-refractivity contribution >= 4 is 0 Å². The average molecular weight is 197 g/mol. The number of halogens is 2. The van der Waals surface area contributed by atoms with Crippen molar-refractivity contribution in [1.82, 2.24) is 0 Å². The minimum absolute atomic E-state index is 0.239. The van der Waals surface area contributed by atoms with Gasteiger partial charge in [0.1, 0.15) is 0 Å². The van der Waals surface area contributed by atoms with Crippen LogP contribution in [0.15, 0.2) is 18.2 Å². The number of rotatable bonds is 2. The molecule has 2 N–H and O–H groups in total. The van der Waals surface area contributed by atoms with Crippen LogP contribution in [0.3, 0.4) is 0 Å². The zero-order valence-electron chi connectivity index (χ0n) is 7.84. The summed E-state index contributed by atoms with van der Waals surface area (Å²) in [6.45, 7) is 0. The van der Waals surface area contributed by atoms with E-state index >= 15 is 0 Å². The largest absolute Gasteiger partial charge is 0.327 e. The van der Waals surface area contributed by atoms with Crippen molar-refractivity contribution in [3.8, 4) is 0 Å². The van der Waals surface area contributed by atoms with Crippen LogP contribution in [0, 0.1) is 17.6 Å². The Kier molecular flexibility index (Phi) is 2.50. The molecule has 1 nitrogen and oxygen atoms in total. The van der Waals surface area contributed by atoms with Gasteiger partial charge in [0.2, 0.25) is 0 Å². The van der Waals surface area contributed by atoms with E-state index in [1.54, 1.807) is 6.07 Å². The van der Waals surface area contributed by atoms with Gasteiger partial charge >= 0.3 is 0 Å². The van der Waals surface area contributed by atoms with Crippen LogP contribution in [-0.2, 0) is 6.42 Å². The summed E-state index contributed by atoms with van der Waals surface area (Å²) in [4.78, 5) is 0. The molecule has 2 rings (SSSR count). The van der Waals surface area contributed by atoms with E-state index in [2.05, 4.69) is 0 Å². The molecular weight excluding hydrogens is 184 g/mol. The zero-order chi connectivity index (χ0) is 10.1. The third-order valence-corrected chi connectivity index (χ3v) is 2.96. The zero-order valence-corrected chi connectivity index (χ0v) is 7.84. The molecule has 0 aromatic heterocycles. The summed E-state index contributed by atoms with van der Waals surface area (Å²) >= 11 is 0. The molecule has 1 fully saturated rings. The third-order valence-electron chi connectivity index (χ3n) is 2.96. The van der Waals surface area contributed by atoms with Gasteiger partial charge in [0.15, 0.2) is 11.6 Å². The second kappa shape index (κ2) is 3.65. The maximum atomic E-state index is 12.8. The molecule has 2 atom stereocenters. The number of benzene rings is 1. The Bertz CT molecular complexity index is 338. The first-order chi connectivity index (χ1) is 6.66. The van der Waals surface area contributed by atoms with Gasteiger partial charge in [-0.3, -0.25) is 0 Å². The summed E-state index contributed by atoms with van der Waals surface area (Å²) < 4.78 is 25.5. The van der Waals surface area contributed by atoms with Crippen LogP contribution >= 0.6 is 0 Å². The van der Waals surface area contributed by atoms with Crippen molar-refractivity contribution in [2.75, 3.05) is 0 Å². The monoisotopic (exact) mass is 197 g/mol. The number of nitrogens with two attached hydrogens (primary N) is 1. The van der Waals surface area contributed by atoms with E-state index in [9.17, 15) is 8.78 Å². The quantitative estimate of drug-likeness (QED) is 0.773. The topological polar surface area (TPSA) is 26.0 Å². The summed E-state index contributed by atoms with van der Waals surface area (Å²) in [6.07, 6.45) is 2.91. The molecule has 76 valence electrons. The molecule has 1 aliphatic carbocycles. The van der Waals surface area contributed by atoms with E-state index in [1.807, 2.05) is 0 Å². The number of hydrogen-bond donors (Lipinski definition) is 1. The molecular formula is C11H13F2N. The second-order valence-corrected chi connectivity index (χ2v) is 3.95. The van der Waals surface area contributed by atoms with E-state index in [1.165, 1.54) is 12.1 Å². The summed E-state index contributed by atoms with van der Waals surface area (Å²) in [5, 5.41) is 0. The van der Waals surface area contributed by atoms with Crippen LogP contribution in [0.2, 0.25) is 0 Å². The molecule has 0 saturated heterocycles. The molecule has 2 unspecified atom stereocenters. The molecule has 1 aromatic rings. The van der Waals surface area contributed by atoms with Gasteiger partial charge in [-0.1, -0.05) is 6.07 Å². The Morgan fingerprint density at radius 2 is 2.00 bits per heavy atom. The molecule has 1 aliphatic rings. The molecule has 1 saturated carbocycles. The highest BCUT2D eigenvalue weighted by Gasteiger charge is 2.27. The first-order valence-corrected chi connectivity index (χ1v) is 4.86. The second-order valence-electron chi connectivity index (χ2n) is 3.95. The van der Waals surface area contributed by atoms with Crippen LogP contribution in [0.5, 0.6) is 0 Å². The lowest BCUT2D eigenvalue weighted by Gasteiger charge is -2.33. The highest BCUT2D eigenvalue weighted by Crippen LogP contribution is 2.29. The average Bonchev–Trinajstić information content (AvgIpc) is 2.17. The maximum absolute atomic E-state index is 12.8. The van der Waals surface area contributed by atoms with Gasteiger partial charge < -0.3 is 5.73 Å². The van der Waals surface area contributed by atoms with Crippen LogP contribution in [-0.4, -0.2) is 6.04 Å². The Balaban J connectivity index is 2.06.